The number of hydrogen-bond acceptors (Lipinski definition) is 6. The molecular weight excluding hydrogens is 490 g/mol. The highest BCUT2D eigenvalue weighted by Crippen LogP contribution is 2.11. The molecule has 4 N–H and O–H groups in total. The molecule has 4 amide bonds. The number of pyridine rings is 1. The van der Waals surface area contributed by atoms with E-state index in [9.17, 15) is 19.2 Å². The predicted molar refractivity (Wildman–Crippen MR) is 146 cm³/mol. The molecule has 3 atom stereocenters. The highest BCUT2D eigenvalue weighted by atomic mass is 32.1. The van der Waals surface area contributed by atoms with Crippen molar-refractivity contribution in [3.05, 3.63) is 66.0 Å². The van der Waals surface area contributed by atoms with Crippen LogP contribution in [0.2, 0.25) is 0 Å². The zero-order valence-electron chi connectivity index (χ0n) is 21.6. The summed E-state index contributed by atoms with van der Waals surface area (Å²) in [6.07, 6.45) is 4.76. The monoisotopic (exact) mass is 527 g/mol. The van der Waals surface area contributed by atoms with Crippen molar-refractivity contribution >= 4 is 36.3 Å². The van der Waals surface area contributed by atoms with Gasteiger partial charge in [0.2, 0.25) is 17.7 Å². The van der Waals surface area contributed by atoms with Crippen LogP contribution in [0.25, 0.3) is 0 Å². The number of rotatable bonds is 14. The maximum absolute atomic E-state index is 13.1. The van der Waals surface area contributed by atoms with Crippen molar-refractivity contribution in [2.24, 2.45) is 5.92 Å². The van der Waals surface area contributed by atoms with E-state index in [0.29, 0.717) is 37.8 Å². The van der Waals surface area contributed by atoms with Gasteiger partial charge < -0.3 is 21.3 Å². The summed E-state index contributed by atoms with van der Waals surface area (Å²) >= 11 is 4.41. The number of carbonyl (C=O) groups is 4. The second-order valence-corrected chi connectivity index (χ2v) is 9.83. The van der Waals surface area contributed by atoms with Gasteiger partial charge in [0.1, 0.15) is 12.1 Å². The summed E-state index contributed by atoms with van der Waals surface area (Å²) < 4.78 is 0. The van der Waals surface area contributed by atoms with Crippen LogP contribution in [-0.2, 0) is 20.8 Å². The maximum atomic E-state index is 13.1. The largest absolute Gasteiger partial charge is 0.357 e. The summed E-state index contributed by atoms with van der Waals surface area (Å²) in [5.41, 5.74) is 1.37. The molecule has 1 aromatic carbocycles. The fourth-order valence-electron chi connectivity index (χ4n) is 3.70. The molecule has 0 aliphatic carbocycles. The normalized spacial score (nSPS) is 13.2. The Hall–Kier alpha value is -3.40. The van der Waals surface area contributed by atoms with Crippen molar-refractivity contribution in [3.63, 3.8) is 0 Å². The Morgan fingerprint density at radius 1 is 0.919 bits per heavy atom. The maximum Gasteiger partial charge on any atom is 0.252 e. The molecule has 0 bridgehead atoms. The smallest absolute Gasteiger partial charge is 0.252 e. The molecule has 37 heavy (non-hydrogen) atoms. The van der Waals surface area contributed by atoms with Gasteiger partial charge in [0.25, 0.3) is 5.91 Å². The van der Waals surface area contributed by atoms with Crippen LogP contribution in [0, 0.1) is 5.92 Å². The third kappa shape index (κ3) is 10.6. The Morgan fingerprint density at radius 3 is 2.24 bits per heavy atom. The highest BCUT2D eigenvalue weighted by Gasteiger charge is 2.28. The third-order valence-corrected chi connectivity index (χ3v) is 6.16. The lowest BCUT2D eigenvalue weighted by Crippen LogP contribution is -2.55. The molecule has 0 aliphatic rings. The van der Waals surface area contributed by atoms with E-state index < -0.39 is 23.2 Å². The van der Waals surface area contributed by atoms with Crippen molar-refractivity contribution in [2.45, 2.75) is 56.9 Å². The Labute approximate surface area is 224 Å². The van der Waals surface area contributed by atoms with E-state index in [-0.39, 0.29) is 23.6 Å². The Morgan fingerprint density at radius 2 is 1.62 bits per heavy atom. The lowest BCUT2D eigenvalue weighted by atomic mass is 10.0. The van der Waals surface area contributed by atoms with Crippen molar-refractivity contribution in [3.8, 4) is 0 Å². The first-order valence-electron chi connectivity index (χ1n) is 12.4. The molecular formula is C27H37N5O4S. The first-order valence-corrected chi connectivity index (χ1v) is 13.0. The molecule has 2 aromatic rings. The van der Waals surface area contributed by atoms with E-state index in [0.717, 1.165) is 5.56 Å². The summed E-state index contributed by atoms with van der Waals surface area (Å²) in [6, 6.07) is 11.2. The average Bonchev–Trinajstić information content (AvgIpc) is 2.90. The van der Waals surface area contributed by atoms with Gasteiger partial charge >= 0.3 is 0 Å². The molecule has 0 saturated carbocycles. The van der Waals surface area contributed by atoms with Crippen LogP contribution in [0.3, 0.4) is 0 Å². The summed E-state index contributed by atoms with van der Waals surface area (Å²) in [5.74, 6) is -1.21. The standard InChI is InChI=1S/C27H37N5O4S/c1-18(2)15-21(26(35)31-22(25(34)28-3)16-19-9-5-4-6-10-19)32-27(36)23(37)12-8-14-30-24(33)20-11-7-13-29-17-20/h4-7,9-11,13,17-18,21-23,37H,8,12,14-16H2,1-3H3,(H,28,34)(H,30,33)(H,31,35)(H,32,36)/t21-,22-,23?/m0/s1. The van der Waals surface area contributed by atoms with Crippen LogP contribution >= 0.6 is 12.6 Å². The number of aromatic nitrogens is 1. The van der Waals surface area contributed by atoms with Crippen molar-refractivity contribution in [2.75, 3.05) is 13.6 Å². The minimum atomic E-state index is -0.810. The molecule has 0 spiro atoms. The van der Waals surface area contributed by atoms with E-state index in [1.165, 1.54) is 13.2 Å². The minimum absolute atomic E-state index is 0.129. The molecule has 200 valence electrons. The summed E-state index contributed by atoms with van der Waals surface area (Å²) in [6.45, 7) is 4.28. The Balaban J connectivity index is 1.91. The highest BCUT2D eigenvalue weighted by molar-refractivity contribution is 7.81. The van der Waals surface area contributed by atoms with E-state index in [1.54, 1.807) is 18.3 Å². The lowest BCUT2D eigenvalue weighted by molar-refractivity contribution is -0.132. The number of carbonyl (C=O) groups excluding carboxylic acids is 4. The van der Waals surface area contributed by atoms with Crippen LogP contribution in [0.5, 0.6) is 0 Å². The van der Waals surface area contributed by atoms with Gasteiger partial charge in [0.05, 0.1) is 10.8 Å². The molecule has 1 aromatic heterocycles. The summed E-state index contributed by atoms with van der Waals surface area (Å²) in [4.78, 5) is 54.4. The minimum Gasteiger partial charge on any atom is -0.357 e. The van der Waals surface area contributed by atoms with E-state index in [4.69, 9.17) is 0 Å². The molecule has 1 heterocycles. The van der Waals surface area contributed by atoms with Gasteiger partial charge in [-0.2, -0.15) is 12.6 Å². The van der Waals surface area contributed by atoms with Crippen molar-refractivity contribution < 1.29 is 19.2 Å². The quantitative estimate of drug-likeness (QED) is 0.189. The van der Waals surface area contributed by atoms with Crippen LogP contribution in [0.15, 0.2) is 54.9 Å². The molecule has 10 heteroatoms. The van der Waals surface area contributed by atoms with Gasteiger partial charge in [0, 0.05) is 32.4 Å². The van der Waals surface area contributed by atoms with Gasteiger partial charge in [-0.25, -0.2) is 0 Å². The van der Waals surface area contributed by atoms with Gasteiger partial charge in [-0.05, 0) is 42.9 Å². The molecule has 0 aliphatic heterocycles. The fraction of sp³-hybridized carbons (Fsp3) is 0.444. The van der Waals surface area contributed by atoms with Crippen LogP contribution in [0.1, 0.15) is 49.0 Å². The second-order valence-electron chi connectivity index (χ2n) is 9.21. The number of nitrogens with zero attached hydrogens (tertiary/aromatic N) is 1. The molecule has 1 unspecified atom stereocenters. The zero-order valence-corrected chi connectivity index (χ0v) is 22.5. The number of likely N-dealkylation sites (N-methyl/N-ethyl adjacent to an activating group) is 1. The number of amides is 4. The van der Waals surface area contributed by atoms with E-state index in [2.05, 4.69) is 38.9 Å². The summed E-state index contributed by atoms with van der Waals surface area (Å²) in [5, 5.41) is 10.3. The average molecular weight is 528 g/mol. The molecule has 0 fully saturated rings. The molecule has 0 radical (unpaired) electrons. The second kappa shape index (κ2) is 15.7. The van der Waals surface area contributed by atoms with Crippen LogP contribution in [0.4, 0.5) is 0 Å². The van der Waals surface area contributed by atoms with Gasteiger partial charge in [-0.15, -0.1) is 0 Å². The molecule has 0 saturated heterocycles. The number of benzene rings is 1. The van der Waals surface area contributed by atoms with E-state index in [1.807, 2.05) is 44.2 Å². The lowest BCUT2D eigenvalue weighted by Gasteiger charge is -2.25. The SMILES string of the molecule is CNC(=O)[C@H](Cc1ccccc1)NC(=O)[C@H](CC(C)C)NC(=O)C(S)CCCNC(=O)c1cccnc1. The number of nitrogens with one attached hydrogen (secondary N) is 4. The zero-order chi connectivity index (χ0) is 27.2. The van der Waals surface area contributed by atoms with Crippen LogP contribution in [-0.4, -0.2) is 59.5 Å². The van der Waals surface area contributed by atoms with Crippen LogP contribution < -0.4 is 21.3 Å². The molecule has 9 nitrogen and oxygen atoms in total. The predicted octanol–water partition coefficient (Wildman–Crippen LogP) is 1.89. The first kappa shape index (κ1) is 29.8. The summed E-state index contributed by atoms with van der Waals surface area (Å²) in [7, 11) is 1.52. The van der Waals surface area contributed by atoms with Gasteiger partial charge in [-0.3, -0.25) is 24.2 Å². The first-order chi connectivity index (χ1) is 17.7. The Kier molecular flexibility index (Phi) is 12.6. The van der Waals surface area contributed by atoms with Crippen molar-refractivity contribution in [1.82, 2.24) is 26.3 Å². The molecule has 2 rings (SSSR count). The number of hydrogen-bond donors (Lipinski definition) is 5. The third-order valence-electron chi connectivity index (χ3n) is 5.67. The number of thiol groups is 1. The van der Waals surface area contributed by atoms with Gasteiger partial charge in [0.15, 0.2) is 0 Å². The topological polar surface area (TPSA) is 129 Å². The fourth-order valence-corrected chi connectivity index (χ4v) is 3.96. The van der Waals surface area contributed by atoms with Crippen molar-refractivity contribution in [1.29, 1.82) is 0 Å². The van der Waals surface area contributed by atoms with E-state index >= 15 is 0 Å². The van der Waals surface area contributed by atoms with Gasteiger partial charge in [-0.1, -0.05) is 44.2 Å². The Bertz CT molecular complexity index is 1020.